The van der Waals surface area contributed by atoms with Crippen molar-refractivity contribution in [3.8, 4) is 0 Å². The molecule has 0 aromatic heterocycles. The predicted octanol–water partition coefficient (Wildman–Crippen LogP) is 1.92. The van der Waals surface area contributed by atoms with Gasteiger partial charge in [0.05, 0.1) is 16.4 Å². The number of hydrogen-bond acceptors (Lipinski definition) is 3. The number of halogens is 2. The molecule has 3 N–H and O–H groups in total. The van der Waals surface area contributed by atoms with E-state index >= 15 is 0 Å². The van der Waals surface area contributed by atoms with Crippen molar-refractivity contribution in [2.45, 2.75) is 6.42 Å². The summed E-state index contributed by atoms with van der Waals surface area (Å²) in [5, 5.41) is 9.82. The second kappa shape index (κ2) is 4.72. The van der Waals surface area contributed by atoms with E-state index in [1.807, 2.05) is 0 Å². The third kappa shape index (κ3) is 2.34. The highest BCUT2D eigenvalue weighted by Crippen LogP contribution is 2.36. The smallest absolute Gasteiger partial charge is 0.227 e. The molecule has 4 nitrogen and oxygen atoms in total. The van der Waals surface area contributed by atoms with Crippen LogP contribution in [0, 0.1) is 5.92 Å². The molecule has 0 saturated carbocycles. The van der Waals surface area contributed by atoms with E-state index in [0.29, 0.717) is 34.4 Å². The van der Waals surface area contributed by atoms with Gasteiger partial charge >= 0.3 is 0 Å². The van der Waals surface area contributed by atoms with Gasteiger partial charge in [-0.25, -0.2) is 0 Å². The van der Waals surface area contributed by atoms with Crippen LogP contribution in [0.2, 0.25) is 10.0 Å². The van der Waals surface area contributed by atoms with Crippen molar-refractivity contribution in [2.75, 3.05) is 23.8 Å². The van der Waals surface area contributed by atoms with E-state index < -0.39 is 0 Å². The number of carbonyl (C=O) groups is 1. The lowest BCUT2D eigenvalue weighted by Gasteiger charge is -2.19. The maximum Gasteiger partial charge on any atom is 0.227 e. The molecule has 1 saturated heterocycles. The quantitative estimate of drug-likeness (QED) is 0.810. The molecule has 1 atom stereocenters. The number of nitrogens with zero attached hydrogens (tertiary/aromatic N) is 1. The van der Waals surface area contributed by atoms with Gasteiger partial charge in [0.15, 0.2) is 0 Å². The fourth-order valence-electron chi connectivity index (χ4n) is 1.93. The second-order valence-corrected chi connectivity index (χ2v) is 4.92. The molecule has 1 heterocycles. The lowest BCUT2D eigenvalue weighted by atomic mass is 10.1. The topological polar surface area (TPSA) is 66.6 Å². The van der Waals surface area contributed by atoms with E-state index in [2.05, 4.69) is 0 Å². The highest BCUT2D eigenvalue weighted by Gasteiger charge is 2.31. The monoisotopic (exact) mass is 274 g/mol. The number of benzene rings is 1. The van der Waals surface area contributed by atoms with Crippen molar-refractivity contribution in [3.63, 3.8) is 0 Å². The molecule has 0 spiro atoms. The van der Waals surface area contributed by atoms with Crippen LogP contribution in [0.1, 0.15) is 6.42 Å². The number of aliphatic hydroxyl groups is 1. The Kier molecular flexibility index (Phi) is 3.47. The third-order valence-electron chi connectivity index (χ3n) is 2.83. The second-order valence-electron chi connectivity index (χ2n) is 4.08. The Morgan fingerprint density at radius 1 is 1.47 bits per heavy atom. The van der Waals surface area contributed by atoms with Crippen LogP contribution in [0.4, 0.5) is 11.4 Å². The Morgan fingerprint density at radius 3 is 2.76 bits per heavy atom. The molecular formula is C11H12Cl2N2O2. The maximum atomic E-state index is 11.8. The highest BCUT2D eigenvalue weighted by atomic mass is 35.5. The van der Waals surface area contributed by atoms with Crippen LogP contribution < -0.4 is 10.6 Å². The molecule has 1 aromatic carbocycles. The summed E-state index contributed by atoms with van der Waals surface area (Å²) in [6.45, 7) is 0.423. The van der Waals surface area contributed by atoms with E-state index in [1.54, 1.807) is 6.07 Å². The maximum absolute atomic E-state index is 11.8. The van der Waals surface area contributed by atoms with Crippen LogP contribution in [0.3, 0.4) is 0 Å². The predicted molar refractivity (Wildman–Crippen MR) is 68.4 cm³/mol. The van der Waals surface area contributed by atoms with Crippen molar-refractivity contribution >= 4 is 40.5 Å². The third-order valence-corrected chi connectivity index (χ3v) is 3.36. The largest absolute Gasteiger partial charge is 0.396 e. The van der Waals surface area contributed by atoms with Crippen LogP contribution in [-0.2, 0) is 4.79 Å². The summed E-state index contributed by atoms with van der Waals surface area (Å²) in [4.78, 5) is 13.3. The summed E-state index contributed by atoms with van der Waals surface area (Å²) in [5.74, 6) is -0.131. The molecule has 1 fully saturated rings. The van der Waals surface area contributed by atoms with Gasteiger partial charge in [-0.2, -0.15) is 0 Å². The Bertz CT molecular complexity index is 465. The normalized spacial score (nSPS) is 20.1. The first-order valence-corrected chi connectivity index (χ1v) is 5.94. The summed E-state index contributed by atoms with van der Waals surface area (Å²) in [6, 6.07) is 3.15. The van der Waals surface area contributed by atoms with E-state index in [9.17, 15) is 4.79 Å². The van der Waals surface area contributed by atoms with Crippen molar-refractivity contribution in [2.24, 2.45) is 5.92 Å². The van der Waals surface area contributed by atoms with E-state index in [-0.39, 0.29) is 18.4 Å². The number of nitrogen functional groups attached to an aromatic ring is 1. The molecule has 6 heteroatoms. The number of hydrogen-bond donors (Lipinski definition) is 2. The van der Waals surface area contributed by atoms with Crippen molar-refractivity contribution in [1.82, 2.24) is 0 Å². The lowest BCUT2D eigenvalue weighted by molar-refractivity contribution is -0.117. The van der Waals surface area contributed by atoms with Crippen LogP contribution in [0.25, 0.3) is 0 Å². The lowest BCUT2D eigenvalue weighted by Crippen LogP contribution is -2.26. The fourth-order valence-corrected chi connectivity index (χ4v) is 2.41. The number of nitrogens with two attached hydrogens (primary N) is 1. The van der Waals surface area contributed by atoms with E-state index in [1.165, 1.54) is 11.0 Å². The molecule has 0 radical (unpaired) electrons. The summed E-state index contributed by atoms with van der Waals surface area (Å²) in [7, 11) is 0. The minimum absolute atomic E-state index is 0.0174. The van der Waals surface area contributed by atoms with Gasteiger partial charge in [0.25, 0.3) is 0 Å². The zero-order valence-corrected chi connectivity index (χ0v) is 10.5. The van der Waals surface area contributed by atoms with Crippen molar-refractivity contribution in [3.05, 3.63) is 22.2 Å². The van der Waals surface area contributed by atoms with Crippen LogP contribution >= 0.6 is 23.2 Å². The molecule has 1 aliphatic rings. The standard InChI is InChI=1S/C11H12Cl2N2O2/c12-7-2-8(13)11(14)9(3-7)15-4-6(5-16)1-10(15)17/h2-3,6,16H,1,4-5,14H2. The molecule has 17 heavy (non-hydrogen) atoms. The van der Waals surface area contributed by atoms with Gasteiger partial charge in [0, 0.05) is 30.5 Å². The molecular weight excluding hydrogens is 263 g/mol. The fraction of sp³-hybridized carbons (Fsp3) is 0.364. The SMILES string of the molecule is Nc1c(Cl)cc(Cl)cc1N1CC(CO)CC1=O. The van der Waals surface area contributed by atoms with Crippen molar-refractivity contribution < 1.29 is 9.90 Å². The molecule has 1 aliphatic heterocycles. The average Bonchev–Trinajstić information content (AvgIpc) is 2.65. The number of rotatable bonds is 2. The Hall–Kier alpha value is -0.970. The Morgan fingerprint density at radius 2 is 2.18 bits per heavy atom. The van der Waals surface area contributed by atoms with Gasteiger partial charge in [-0.3, -0.25) is 4.79 Å². The van der Waals surface area contributed by atoms with Crippen LogP contribution in [0.15, 0.2) is 12.1 Å². The minimum Gasteiger partial charge on any atom is -0.396 e. The molecule has 2 rings (SSSR count). The molecule has 92 valence electrons. The molecule has 0 bridgehead atoms. The first-order chi connectivity index (χ1) is 8.02. The minimum atomic E-state index is -0.0749. The van der Waals surface area contributed by atoms with Gasteiger partial charge in [-0.05, 0) is 12.1 Å². The molecule has 1 unspecified atom stereocenters. The van der Waals surface area contributed by atoms with E-state index in [0.717, 1.165) is 0 Å². The average molecular weight is 275 g/mol. The van der Waals surface area contributed by atoms with E-state index in [4.69, 9.17) is 34.0 Å². The van der Waals surface area contributed by atoms with Gasteiger partial charge in [-0.1, -0.05) is 23.2 Å². The Labute approximate surface area is 109 Å². The first kappa shape index (κ1) is 12.5. The van der Waals surface area contributed by atoms with Gasteiger partial charge in [-0.15, -0.1) is 0 Å². The number of carbonyl (C=O) groups excluding carboxylic acids is 1. The summed E-state index contributed by atoms with van der Waals surface area (Å²) < 4.78 is 0. The number of aliphatic hydroxyl groups excluding tert-OH is 1. The Balaban J connectivity index is 2.38. The van der Waals surface area contributed by atoms with Gasteiger partial charge < -0.3 is 15.7 Å². The van der Waals surface area contributed by atoms with Crippen molar-refractivity contribution in [1.29, 1.82) is 0 Å². The van der Waals surface area contributed by atoms with Gasteiger partial charge in [0.1, 0.15) is 0 Å². The van der Waals surface area contributed by atoms with Crippen LogP contribution in [-0.4, -0.2) is 24.2 Å². The summed E-state index contributed by atoms with van der Waals surface area (Å²) in [6.07, 6.45) is 0.320. The zero-order chi connectivity index (χ0) is 12.6. The molecule has 1 aromatic rings. The number of anilines is 2. The summed E-state index contributed by atoms with van der Waals surface area (Å²) >= 11 is 11.8. The molecule has 0 aliphatic carbocycles. The first-order valence-electron chi connectivity index (χ1n) is 5.18. The number of amides is 1. The highest BCUT2D eigenvalue weighted by molar-refractivity contribution is 6.37. The summed E-state index contributed by atoms with van der Waals surface area (Å²) in [5.41, 5.74) is 6.69. The molecule has 1 amide bonds. The van der Waals surface area contributed by atoms with Gasteiger partial charge in [0.2, 0.25) is 5.91 Å². The van der Waals surface area contributed by atoms with Crippen LogP contribution in [0.5, 0.6) is 0 Å². The zero-order valence-electron chi connectivity index (χ0n) is 8.99.